The van der Waals surface area contributed by atoms with E-state index in [2.05, 4.69) is 65.9 Å². The summed E-state index contributed by atoms with van der Waals surface area (Å²) in [5.41, 5.74) is 11.8. The number of carbonyl (C=O) groups excluding carboxylic acids is 3. The number of nitrogens with two attached hydrogens (primary N) is 1. The SMILES string of the molecule is C[C@H]1CN([C@@H](C)CO)C(=O)Cc2cc(NC(=O)CCCCCC(=O)Nc3ccccc3N)ccc2O[C@@H]1CN(C)Cc1ccc(-c2ccccc2)cc1. The number of anilines is 3. The minimum atomic E-state index is -0.349. The van der Waals surface area contributed by atoms with E-state index in [9.17, 15) is 19.5 Å². The highest BCUT2D eigenvalue weighted by Gasteiger charge is 2.31. The first kappa shape index (κ1) is 39.0. The number of benzene rings is 4. The third kappa shape index (κ3) is 11.4. The number of fused-ring (bicyclic) bond motifs is 1. The lowest BCUT2D eigenvalue weighted by atomic mass is 10.0. The van der Waals surface area contributed by atoms with E-state index in [1.165, 1.54) is 16.7 Å². The Morgan fingerprint density at radius 2 is 1.57 bits per heavy atom. The number of para-hydroxylation sites is 2. The van der Waals surface area contributed by atoms with Crippen LogP contribution in [0.2, 0.25) is 0 Å². The van der Waals surface area contributed by atoms with E-state index >= 15 is 0 Å². The van der Waals surface area contributed by atoms with Crippen molar-refractivity contribution in [1.29, 1.82) is 0 Å². The molecule has 0 unspecified atom stereocenters. The van der Waals surface area contributed by atoms with E-state index in [1.807, 2.05) is 55.5 Å². The van der Waals surface area contributed by atoms with Crippen molar-refractivity contribution in [2.45, 2.75) is 71.1 Å². The van der Waals surface area contributed by atoms with Crippen molar-refractivity contribution in [3.05, 3.63) is 108 Å². The summed E-state index contributed by atoms with van der Waals surface area (Å²) in [6, 6.07) is 31.2. The number of amides is 3. The van der Waals surface area contributed by atoms with E-state index in [0.717, 1.165) is 13.0 Å². The molecular weight excluding hydrogens is 667 g/mol. The maximum absolute atomic E-state index is 13.7. The van der Waals surface area contributed by atoms with Crippen LogP contribution in [-0.4, -0.2) is 71.5 Å². The van der Waals surface area contributed by atoms with Crippen molar-refractivity contribution >= 4 is 34.8 Å². The molecule has 5 N–H and O–H groups in total. The molecule has 3 atom stereocenters. The lowest BCUT2D eigenvalue weighted by Gasteiger charge is -2.34. The molecule has 4 aromatic rings. The predicted molar refractivity (Wildman–Crippen MR) is 211 cm³/mol. The fourth-order valence-electron chi connectivity index (χ4n) is 6.64. The van der Waals surface area contributed by atoms with Gasteiger partial charge in [-0.1, -0.05) is 80.1 Å². The molecule has 0 spiro atoms. The molecule has 53 heavy (non-hydrogen) atoms. The van der Waals surface area contributed by atoms with Gasteiger partial charge < -0.3 is 31.1 Å². The number of hydrogen-bond donors (Lipinski definition) is 4. The smallest absolute Gasteiger partial charge is 0.227 e. The van der Waals surface area contributed by atoms with Gasteiger partial charge in [0.05, 0.1) is 30.4 Å². The number of nitrogens with zero attached hydrogens (tertiary/aromatic N) is 2. The zero-order chi connectivity index (χ0) is 37.7. The summed E-state index contributed by atoms with van der Waals surface area (Å²) in [4.78, 5) is 42.8. The molecule has 0 aliphatic carbocycles. The Bertz CT molecular complexity index is 1820. The number of rotatable bonds is 15. The Morgan fingerprint density at radius 1 is 0.906 bits per heavy atom. The van der Waals surface area contributed by atoms with Crippen molar-refractivity contribution < 1.29 is 24.2 Å². The first-order chi connectivity index (χ1) is 25.6. The van der Waals surface area contributed by atoms with Gasteiger partial charge >= 0.3 is 0 Å². The van der Waals surface area contributed by atoms with E-state index in [1.54, 1.807) is 17.0 Å². The number of nitrogens with one attached hydrogen (secondary N) is 2. The second-order valence-corrected chi connectivity index (χ2v) is 14.2. The average molecular weight is 720 g/mol. The molecule has 5 rings (SSSR count). The zero-order valence-corrected chi connectivity index (χ0v) is 31.1. The molecule has 0 fully saturated rings. The number of hydrogen-bond acceptors (Lipinski definition) is 7. The van der Waals surface area contributed by atoms with Gasteiger partial charge in [-0.25, -0.2) is 0 Å². The monoisotopic (exact) mass is 719 g/mol. The average Bonchev–Trinajstić information content (AvgIpc) is 3.19. The summed E-state index contributed by atoms with van der Waals surface area (Å²) < 4.78 is 6.70. The Labute approximate surface area is 313 Å². The van der Waals surface area contributed by atoms with Gasteiger partial charge in [0.15, 0.2) is 0 Å². The molecule has 1 aliphatic rings. The summed E-state index contributed by atoms with van der Waals surface area (Å²) in [6.07, 6.45) is 2.52. The van der Waals surface area contributed by atoms with Gasteiger partial charge in [0, 0.05) is 49.6 Å². The molecule has 0 saturated heterocycles. The normalized spacial score (nSPS) is 16.5. The van der Waals surface area contributed by atoms with Crippen LogP contribution < -0.4 is 21.1 Å². The van der Waals surface area contributed by atoms with E-state index < -0.39 is 0 Å². The number of aliphatic hydroxyl groups excluding tert-OH is 1. The molecule has 0 bridgehead atoms. The molecule has 0 aromatic heterocycles. The summed E-state index contributed by atoms with van der Waals surface area (Å²) in [7, 11) is 2.07. The molecule has 1 aliphatic heterocycles. The largest absolute Gasteiger partial charge is 0.488 e. The van der Waals surface area contributed by atoms with Crippen LogP contribution in [0.3, 0.4) is 0 Å². The van der Waals surface area contributed by atoms with Gasteiger partial charge in [0.2, 0.25) is 17.7 Å². The minimum absolute atomic E-state index is 0.0243. The molecule has 0 radical (unpaired) electrons. The van der Waals surface area contributed by atoms with Gasteiger partial charge in [0.1, 0.15) is 11.9 Å². The fraction of sp³-hybridized carbons (Fsp3) is 0.372. The van der Waals surface area contributed by atoms with Gasteiger partial charge in [-0.3, -0.25) is 19.3 Å². The molecular formula is C43H53N5O5. The number of likely N-dealkylation sites (N-methyl/N-ethyl adjacent to an activating group) is 1. The summed E-state index contributed by atoms with van der Waals surface area (Å²) in [5.74, 6) is 0.247. The Kier molecular flexibility index (Phi) is 14.0. The highest BCUT2D eigenvalue weighted by atomic mass is 16.5. The van der Waals surface area contributed by atoms with E-state index in [4.69, 9.17) is 10.5 Å². The van der Waals surface area contributed by atoms with Crippen LogP contribution in [-0.2, 0) is 27.3 Å². The van der Waals surface area contributed by atoms with Crippen LogP contribution in [0.4, 0.5) is 17.1 Å². The van der Waals surface area contributed by atoms with Crippen LogP contribution in [0.5, 0.6) is 5.75 Å². The standard InChI is InChI=1S/C43H53N5O5/c1-30-26-48(31(2)29-49)43(52)25-35-24-36(45-41(50)16-8-5-9-17-42(51)46-38-15-11-10-14-37(38)44)22-23-39(35)53-40(30)28-47(3)27-32-18-20-34(21-19-32)33-12-6-4-7-13-33/h4,6-7,10-15,18-24,30-31,40,49H,5,8-9,16-17,25-29,44H2,1-3H3,(H,45,50)(H,46,51)/t30-,31-,40+/m0/s1. The van der Waals surface area contributed by atoms with Gasteiger partial charge in [0.25, 0.3) is 0 Å². The number of ether oxygens (including phenoxy) is 1. The highest BCUT2D eigenvalue weighted by Crippen LogP contribution is 2.30. The first-order valence-electron chi connectivity index (χ1n) is 18.6. The van der Waals surface area contributed by atoms with Crippen molar-refractivity contribution in [3.8, 4) is 16.9 Å². The van der Waals surface area contributed by atoms with Crippen molar-refractivity contribution in [3.63, 3.8) is 0 Å². The van der Waals surface area contributed by atoms with E-state index in [-0.39, 0.29) is 48.8 Å². The first-order valence-corrected chi connectivity index (χ1v) is 18.6. The predicted octanol–water partition coefficient (Wildman–Crippen LogP) is 6.74. The maximum Gasteiger partial charge on any atom is 0.227 e. The minimum Gasteiger partial charge on any atom is -0.488 e. The number of nitrogen functional groups attached to an aromatic ring is 1. The summed E-state index contributed by atoms with van der Waals surface area (Å²) >= 11 is 0. The highest BCUT2D eigenvalue weighted by molar-refractivity contribution is 5.94. The molecule has 1 heterocycles. The number of unbranched alkanes of at least 4 members (excludes halogenated alkanes) is 2. The van der Waals surface area contributed by atoms with Crippen LogP contribution in [0.25, 0.3) is 11.1 Å². The molecule has 3 amide bonds. The topological polar surface area (TPSA) is 137 Å². The summed E-state index contributed by atoms with van der Waals surface area (Å²) in [6.45, 7) is 5.60. The van der Waals surface area contributed by atoms with Crippen molar-refractivity contribution in [2.24, 2.45) is 5.92 Å². The van der Waals surface area contributed by atoms with Gasteiger partial charge in [-0.05, 0) is 73.8 Å². The van der Waals surface area contributed by atoms with Gasteiger partial charge in [-0.15, -0.1) is 0 Å². The quantitative estimate of drug-likeness (QED) is 0.0789. The second kappa shape index (κ2) is 19.0. The number of carbonyl (C=O) groups is 3. The Balaban J connectivity index is 1.19. The third-order valence-electron chi connectivity index (χ3n) is 9.75. The fourth-order valence-corrected chi connectivity index (χ4v) is 6.64. The summed E-state index contributed by atoms with van der Waals surface area (Å²) in [5, 5.41) is 15.8. The molecule has 10 heteroatoms. The van der Waals surface area contributed by atoms with Crippen LogP contribution >= 0.6 is 0 Å². The molecule has 0 saturated carbocycles. The van der Waals surface area contributed by atoms with Crippen LogP contribution in [0, 0.1) is 5.92 Å². The van der Waals surface area contributed by atoms with Crippen LogP contribution in [0.15, 0.2) is 97.1 Å². The molecule has 280 valence electrons. The van der Waals surface area contributed by atoms with Crippen molar-refractivity contribution in [1.82, 2.24) is 9.80 Å². The lowest BCUT2D eigenvalue weighted by molar-refractivity contribution is -0.134. The molecule has 4 aromatic carbocycles. The maximum atomic E-state index is 13.7. The zero-order valence-electron chi connectivity index (χ0n) is 31.1. The Hall–Kier alpha value is -5.19. The molecule has 10 nitrogen and oxygen atoms in total. The third-order valence-corrected chi connectivity index (χ3v) is 9.75. The van der Waals surface area contributed by atoms with E-state index in [0.29, 0.717) is 67.1 Å². The van der Waals surface area contributed by atoms with Gasteiger partial charge in [-0.2, -0.15) is 0 Å². The second-order valence-electron chi connectivity index (χ2n) is 14.2. The van der Waals surface area contributed by atoms with Crippen LogP contribution in [0.1, 0.15) is 57.1 Å². The Morgan fingerprint density at radius 3 is 2.26 bits per heavy atom. The number of aliphatic hydroxyl groups is 1. The van der Waals surface area contributed by atoms with Crippen molar-refractivity contribution in [2.75, 3.05) is 43.1 Å². The lowest BCUT2D eigenvalue weighted by Crippen LogP contribution is -2.47.